The second kappa shape index (κ2) is 5.94. The SMILES string of the molecule is CCC(N)Cc1cc2cc(OC)ccc2[nH]1.Cl. The number of halogens is 1. The van der Waals surface area contributed by atoms with Crippen molar-refractivity contribution in [3.8, 4) is 5.75 Å². The van der Waals surface area contributed by atoms with Gasteiger partial charge in [0.25, 0.3) is 0 Å². The first-order valence-electron chi connectivity index (χ1n) is 5.64. The molecule has 1 heterocycles. The summed E-state index contributed by atoms with van der Waals surface area (Å²) in [5.41, 5.74) is 8.27. The molecule has 1 unspecified atom stereocenters. The number of hydrogen-bond donors (Lipinski definition) is 2. The van der Waals surface area contributed by atoms with E-state index in [2.05, 4.69) is 18.0 Å². The Labute approximate surface area is 108 Å². The van der Waals surface area contributed by atoms with E-state index < -0.39 is 0 Å². The number of fused-ring (bicyclic) bond motifs is 1. The Kier molecular flexibility index (Phi) is 4.85. The second-order valence-corrected chi connectivity index (χ2v) is 4.12. The number of nitrogens with one attached hydrogen (secondary N) is 1. The van der Waals surface area contributed by atoms with Crippen molar-refractivity contribution in [2.24, 2.45) is 5.73 Å². The van der Waals surface area contributed by atoms with Gasteiger partial charge >= 0.3 is 0 Å². The highest BCUT2D eigenvalue weighted by Crippen LogP contribution is 2.21. The zero-order chi connectivity index (χ0) is 11.5. The van der Waals surface area contributed by atoms with Crippen molar-refractivity contribution in [2.45, 2.75) is 25.8 Å². The molecule has 0 aliphatic carbocycles. The highest BCUT2D eigenvalue weighted by Gasteiger charge is 2.05. The van der Waals surface area contributed by atoms with Crippen LogP contribution in [0.2, 0.25) is 0 Å². The molecule has 1 atom stereocenters. The molecule has 0 radical (unpaired) electrons. The summed E-state index contributed by atoms with van der Waals surface area (Å²) in [5.74, 6) is 0.887. The Balaban J connectivity index is 0.00000144. The first-order chi connectivity index (χ1) is 7.72. The van der Waals surface area contributed by atoms with Gasteiger partial charge in [-0.3, -0.25) is 0 Å². The lowest BCUT2D eigenvalue weighted by molar-refractivity contribution is 0.415. The van der Waals surface area contributed by atoms with Gasteiger partial charge in [0.15, 0.2) is 0 Å². The molecule has 3 N–H and O–H groups in total. The lowest BCUT2D eigenvalue weighted by Gasteiger charge is -2.05. The molecular weight excluding hydrogens is 236 g/mol. The topological polar surface area (TPSA) is 51.0 Å². The monoisotopic (exact) mass is 254 g/mol. The number of benzene rings is 1. The summed E-state index contributed by atoms with van der Waals surface area (Å²) in [6.07, 6.45) is 1.90. The van der Waals surface area contributed by atoms with Crippen LogP contribution >= 0.6 is 12.4 Å². The molecule has 3 nitrogen and oxygen atoms in total. The first-order valence-corrected chi connectivity index (χ1v) is 5.64. The summed E-state index contributed by atoms with van der Waals surface area (Å²) in [7, 11) is 1.68. The van der Waals surface area contributed by atoms with Crippen LogP contribution in [0.25, 0.3) is 10.9 Å². The molecule has 0 saturated heterocycles. The zero-order valence-corrected chi connectivity index (χ0v) is 11.0. The third kappa shape index (κ3) is 3.14. The molecule has 4 heteroatoms. The molecule has 0 amide bonds. The molecule has 0 saturated carbocycles. The zero-order valence-electron chi connectivity index (χ0n) is 10.2. The van der Waals surface area contributed by atoms with Crippen LogP contribution in [0.1, 0.15) is 19.0 Å². The minimum atomic E-state index is 0. The number of aromatic nitrogens is 1. The van der Waals surface area contributed by atoms with E-state index in [9.17, 15) is 0 Å². The maximum atomic E-state index is 5.94. The molecule has 0 bridgehead atoms. The Bertz CT molecular complexity index is 481. The molecule has 1 aromatic carbocycles. The molecule has 0 aliphatic heterocycles. The van der Waals surface area contributed by atoms with E-state index in [4.69, 9.17) is 10.5 Å². The number of H-pyrrole nitrogens is 1. The van der Waals surface area contributed by atoms with E-state index in [-0.39, 0.29) is 18.4 Å². The van der Waals surface area contributed by atoms with Crippen LogP contribution in [0.4, 0.5) is 0 Å². The van der Waals surface area contributed by atoms with Gasteiger partial charge in [0.2, 0.25) is 0 Å². The standard InChI is InChI=1S/C13H18N2O.ClH/c1-3-10(14)8-11-6-9-7-12(16-2)4-5-13(9)15-11;/h4-7,10,15H,3,8,14H2,1-2H3;1H. The Morgan fingerprint density at radius 2 is 2.12 bits per heavy atom. The molecule has 2 aromatic rings. The van der Waals surface area contributed by atoms with Gasteiger partial charge in [-0.25, -0.2) is 0 Å². The van der Waals surface area contributed by atoms with Crippen LogP contribution in [0.5, 0.6) is 5.75 Å². The van der Waals surface area contributed by atoms with Gasteiger partial charge in [-0.15, -0.1) is 12.4 Å². The van der Waals surface area contributed by atoms with Crippen molar-refractivity contribution < 1.29 is 4.74 Å². The molecular formula is C13H19ClN2O. The van der Waals surface area contributed by atoms with Gasteiger partial charge in [-0.2, -0.15) is 0 Å². The second-order valence-electron chi connectivity index (χ2n) is 4.12. The molecule has 2 rings (SSSR count). The number of aromatic amines is 1. The van der Waals surface area contributed by atoms with Crippen LogP contribution in [-0.2, 0) is 6.42 Å². The molecule has 0 spiro atoms. The third-order valence-electron chi connectivity index (χ3n) is 2.89. The van der Waals surface area contributed by atoms with Crippen molar-refractivity contribution in [1.29, 1.82) is 0 Å². The minimum Gasteiger partial charge on any atom is -0.497 e. The van der Waals surface area contributed by atoms with E-state index in [0.717, 1.165) is 24.1 Å². The minimum absolute atomic E-state index is 0. The Morgan fingerprint density at radius 1 is 1.35 bits per heavy atom. The fourth-order valence-corrected chi connectivity index (χ4v) is 1.83. The Hall–Kier alpha value is -1.19. The molecule has 17 heavy (non-hydrogen) atoms. The average molecular weight is 255 g/mol. The lowest BCUT2D eigenvalue weighted by atomic mass is 10.1. The molecule has 0 aliphatic rings. The molecule has 94 valence electrons. The average Bonchev–Trinajstić information content (AvgIpc) is 2.69. The van der Waals surface area contributed by atoms with Gasteiger partial charge in [0.05, 0.1) is 7.11 Å². The summed E-state index contributed by atoms with van der Waals surface area (Å²) in [6, 6.07) is 8.41. The van der Waals surface area contributed by atoms with Crippen LogP contribution in [0, 0.1) is 0 Å². The van der Waals surface area contributed by atoms with Crippen LogP contribution in [0.15, 0.2) is 24.3 Å². The van der Waals surface area contributed by atoms with Gasteiger partial charge in [-0.1, -0.05) is 6.92 Å². The van der Waals surface area contributed by atoms with E-state index in [1.165, 1.54) is 11.1 Å². The smallest absolute Gasteiger partial charge is 0.119 e. The summed E-state index contributed by atoms with van der Waals surface area (Å²) in [5, 5.41) is 1.18. The van der Waals surface area contributed by atoms with Crippen molar-refractivity contribution in [2.75, 3.05) is 7.11 Å². The van der Waals surface area contributed by atoms with Crippen LogP contribution in [0.3, 0.4) is 0 Å². The maximum Gasteiger partial charge on any atom is 0.119 e. The van der Waals surface area contributed by atoms with Gasteiger partial charge in [0.1, 0.15) is 5.75 Å². The molecule has 0 fully saturated rings. The summed E-state index contributed by atoms with van der Waals surface area (Å²) < 4.78 is 5.20. The maximum absolute atomic E-state index is 5.94. The van der Waals surface area contributed by atoms with Crippen molar-refractivity contribution in [3.05, 3.63) is 30.0 Å². The normalized spacial score (nSPS) is 12.2. The number of rotatable bonds is 4. The predicted molar refractivity (Wildman–Crippen MR) is 74.1 cm³/mol. The van der Waals surface area contributed by atoms with Crippen LogP contribution < -0.4 is 10.5 Å². The molecule has 1 aromatic heterocycles. The predicted octanol–water partition coefficient (Wildman–Crippen LogP) is 2.88. The first kappa shape index (κ1) is 13.9. The highest BCUT2D eigenvalue weighted by atomic mass is 35.5. The van der Waals surface area contributed by atoms with E-state index in [1.54, 1.807) is 7.11 Å². The third-order valence-corrected chi connectivity index (χ3v) is 2.89. The van der Waals surface area contributed by atoms with E-state index in [0.29, 0.717) is 0 Å². The summed E-state index contributed by atoms with van der Waals surface area (Å²) in [6.45, 7) is 2.11. The van der Waals surface area contributed by atoms with Crippen molar-refractivity contribution in [1.82, 2.24) is 4.98 Å². The fraction of sp³-hybridized carbons (Fsp3) is 0.385. The summed E-state index contributed by atoms with van der Waals surface area (Å²) in [4.78, 5) is 3.38. The number of nitrogens with two attached hydrogens (primary N) is 1. The van der Waals surface area contributed by atoms with Crippen LogP contribution in [-0.4, -0.2) is 18.1 Å². The fourth-order valence-electron chi connectivity index (χ4n) is 1.83. The van der Waals surface area contributed by atoms with Gasteiger partial charge in [-0.05, 0) is 30.7 Å². The number of ether oxygens (including phenoxy) is 1. The van der Waals surface area contributed by atoms with Gasteiger partial charge < -0.3 is 15.5 Å². The number of hydrogen-bond acceptors (Lipinski definition) is 2. The van der Waals surface area contributed by atoms with Gasteiger partial charge in [0, 0.05) is 29.1 Å². The quantitative estimate of drug-likeness (QED) is 0.882. The lowest BCUT2D eigenvalue weighted by Crippen LogP contribution is -2.21. The van der Waals surface area contributed by atoms with E-state index in [1.807, 2.05) is 18.2 Å². The Morgan fingerprint density at radius 3 is 2.76 bits per heavy atom. The number of methoxy groups -OCH3 is 1. The largest absolute Gasteiger partial charge is 0.497 e. The summed E-state index contributed by atoms with van der Waals surface area (Å²) >= 11 is 0. The van der Waals surface area contributed by atoms with Crippen molar-refractivity contribution in [3.63, 3.8) is 0 Å². The van der Waals surface area contributed by atoms with E-state index >= 15 is 0 Å². The van der Waals surface area contributed by atoms with Crippen molar-refractivity contribution >= 4 is 23.3 Å². The highest BCUT2D eigenvalue weighted by molar-refractivity contribution is 5.85.